The molecule has 3 nitrogen and oxygen atoms in total. The van der Waals surface area contributed by atoms with Crippen LogP contribution in [0.2, 0.25) is 0 Å². The van der Waals surface area contributed by atoms with E-state index in [4.69, 9.17) is 5.26 Å². The first-order valence-corrected chi connectivity index (χ1v) is 6.77. The molecule has 2 heterocycles. The minimum absolute atomic E-state index is 0.176. The quantitative estimate of drug-likeness (QED) is 0.786. The van der Waals surface area contributed by atoms with E-state index < -0.39 is 0 Å². The number of aromatic amines is 1. The summed E-state index contributed by atoms with van der Waals surface area (Å²) >= 11 is 1.77. The van der Waals surface area contributed by atoms with Crippen LogP contribution in [-0.4, -0.2) is 4.98 Å². The molecule has 1 aromatic carbocycles. The van der Waals surface area contributed by atoms with E-state index in [0.29, 0.717) is 0 Å². The van der Waals surface area contributed by atoms with E-state index in [1.807, 2.05) is 24.3 Å². The van der Waals surface area contributed by atoms with Crippen molar-refractivity contribution >= 4 is 11.8 Å². The van der Waals surface area contributed by atoms with E-state index in [0.717, 1.165) is 28.3 Å². The van der Waals surface area contributed by atoms with Gasteiger partial charge < -0.3 is 4.98 Å². The topological polar surface area (TPSA) is 56.6 Å². The molecular weight excluding hydrogens is 244 g/mol. The van der Waals surface area contributed by atoms with E-state index in [2.05, 4.69) is 11.1 Å². The van der Waals surface area contributed by atoms with Gasteiger partial charge in [0.05, 0.1) is 0 Å². The number of nitrogens with zero attached hydrogens (tertiary/aromatic N) is 1. The van der Waals surface area contributed by atoms with Crippen molar-refractivity contribution in [1.29, 1.82) is 5.26 Å². The highest BCUT2D eigenvalue weighted by atomic mass is 32.2. The number of nitriles is 1. The molecule has 0 atom stereocenters. The molecule has 0 bridgehead atoms. The number of pyridine rings is 1. The number of hydrogen-bond acceptors (Lipinski definition) is 3. The van der Waals surface area contributed by atoms with Crippen LogP contribution < -0.4 is 5.56 Å². The van der Waals surface area contributed by atoms with Crippen LogP contribution in [0, 0.1) is 11.3 Å². The van der Waals surface area contributed by atoms with Crippen LogP contribution in [0.25, 0.3) is 11.1 Å². The maximum Gasteiger partial charge on any atom is 0.266 e. The Bertz CT molecular complexity index is 712. The highest BCUT2D eigenvalue weighted by molar-refractivity contribution is 7.97. The molecule has 0 amide bonds. The number of benzene rings is 1. The number of rotatable bonds is 0. The second-order valence-electron chi connectivity index (χ2n) is 4.17. The van der Waals surface area contributed by atoms with E-state index >= 15 is 0 Å². The molecule has 0 saturated heterocycles. The smallest absolute Gasteiger partial charge is 0.266 e. The highest BCUT2D eigenvalue weighted by Gasteiger charge is 2.16. The fourth-order valence-electron chi connectivity index (χ4n) is 2.18. The van der Waals surface area contributed by atoms with Gasteiger partial charge in [0.15, 0.2) is 0 Å². The average molecular weight is 254 g/mol. The number of aromatic nitrogens is 1. The number of fused-ring (bicyclic) bond motifs is 3. The first-order chi connectivity index (χ1) is 8.79. The van der Waals surface area contributed by atoms with Crippen molar-refractivity contribution in [1.82, 2.24) is 4.98 Å². The summed E-state index contributed by atoms with van der Waals surface area (Å²) in [6.45, 7) is 0. The largest absolute Gasteiger partial charge is 0.324 e. The lowest BCUT2D eigenvalue weighted by atomic mass is 9.98. The van der Waals surface area contributed by atoms with Gasteiger partial charge in [-0.15, -0.1) is 0 Å². The van der Waals surface area contributed by atoms with Gasteiger partial charge in [-0.25, -0.2) is 0 Å². The van der Waals surface area contributed by atoms with Gasteiger partial charge in [-0.05, 0) is 17.2 Å². The van der Waals surface area contributed by atoms with Crippen molar-refractivity contribution in [3.8, 4) is 17.2 Å². The van der Waals surface area contributed by atoms with Crippen LogP contribution in [0.15, 0.2) is 35.1 Å². The predicted molar refractivity (Wildman–Crippen MR) is 72.2 cm³/mol. The first kappa shape index (κ1) is 11.1. The van der Waals surface area contributed by atoms with Crippen molar-refractivity contribution in [3.05, 3.63) is 57.5 Å². The molecule has 1 N–H and O–H groups in total. The molecule has 1 aliphatic heterocycles. The average Bonchev–Trinajstić information content (AvgIpc) is 2.56. The van der Waals surface area contributed by atoms with Crippen LogP contribution in [0.1, 0.15) is 16.8 Å². The third-order valence-electron chi connectivity index (χ3n) is 3.05. The van der Waals surface area contributed by atoms with Crippen LogP contribution in [0.3, 0.4) is 0 Å². The Morgan fingerprint density at radius 1 is 1.22 bits per heavy atom. The molecule has 3 rings (SSSR count). The zero-order valence-corrected chi connectivity index (χ0v) is 10.4. The zero-order chi connectivity index (χ0) is 12.5. The summed E-state index contributed by atoms with van der Waals surface area (Å²) in [5, 5.41) is 8.96. The summed E-state index contributed by atoms with van der Waals surface area (Å²) in [7, 11) is 0. The van der Waals surface area contributed by atoms with Gasteiger partial charge in [-0.3, -0.25) is 4.79 Å². The molecule has 1 aromatic heterocycles. The SMILES string of the molecule is N#Cc1cc2c([nH]c1=O)CSCc1ccccc1-2. The summed E-state index contributed by atoms with van der Waals surface area (Å²) < 4.78 is 0. The van der Waals surface area contributed by atoms with E-state index in [-0.39, 0.29) is 11.1 Å². The molecule has 88 valence electrons. The summed E-state index contributed by atoms with van der Waals surface area (Å²) in [6.07, 6.45) is 0. The first-order valence-electron chi connectivity index (χ1n) is 5.62. The molecule has 0 radical (unpaired) electrons. The van der Waals surface area contributed by atoms with Crippen LogP contribution in [0.5, 0.6) is 0 Å². The molecule has 0 aliphatic carbocycles. The third kappa shape index (κ3) is 1.73. The molecule has 18 heavy (non-hydrogen) atoms. The molecule has 0 saturated carbocycles. The summed E-state index contributed by atoms with van der Waals surface area (Å²) in [4.78, 5) is 14.5. The fourth-order valence-corrected chi connectivity index (χ4v) is 3.18. The summed E-state index contributed by atoms with van der Waals surface area (Å²) in [5.74, 6) is 1.69. The maximum atomic E-state index is 11.7. The Morgan fingerprint density at radius 3 is 2.89 bits per heavy atom. The standard InChI is InChI=1S/C14H10N2OS/c15-6-10-5-12-11-4-2-1-3-9(11)7-18-8-13(12)16-14(10)17/h1-5H,7-8H2,(H,16,17). The molecular formula is C14H10N2OS. The Kier molecular flexibility index (Phi) is 2.69. The van der Waals surface area contributed by atoms with E-state index in [1.54, 1.807) is 17.8 Å². The lowest BCUT2D eigenvalue weighted by Gasteiger charge is -2.08. The zero-order valence-electron chi connectivity index (χ0n) is 9.56. The van der Waals surface area contributed by atoms with Crippen LogP contribution in [0.4, 0.5) is 0 Å². The highest BCUT2D eigenvalue weighted by Crippen LogP contribution is 2.34. The Morgan fingerprint density at radius 2 is 2.06 bits per heavy atom. The second kappa shape index (κ2) is 4.35. The van der Waals surface area contributed by atoms with Gasteiger partial charge in [0.1, 0.15) is 11.6 Å². The van der Waals surface area contributed by atoms with Crippen molar-refractivity contribution in [3.63, 3.8) is 0 Å². The van der Waals surface area contributed by atoms with E-state index in [1.165, 1.54) is 5.56 Å². The molecule has 0 fully saturated rings. The van der Waals surface area contributed by atoms with Gasteiger partial charge >= 0.3 is 0 Å². The number of hydrogen-bond donors (Lipinski definition) is 1. The van der Waals surface area contributed by atoms with Gasteiger partial charge in [-0.2, -0.15) is 17.0 Å². The lowest BCUT2D eigenvalue weighted by molar-refractivity contribution is 1.12. The van der Waals surface area contributed by atoms with Gasteiger partial charge in [-0.1, -0.05) is 24.3 Å². The van der Waals surface area contributed by atoms with Crippen molar-refractivity contribution in [2.45, 2.75) is 11.5 Å². The number of nitrogens with one attached hydrogen (secondary N) is 1. The minimum Gasteiger partial charge on any atom is -0.324 e. The van der Waals surface area contributed by atoms with Crippen molar-refractivity contribution < 1.29 is 0 Å². The maximum absolute atomic E-state index is 11.7. The van der Waals surface area contributed by atoms with E-state index in [9.17, 15) is 4.79 Å². The monoisotopic (exact) mass is 254 g/mol. The Balaban J connectivity index is 2.33. The second-order valence-corrected chi connectivity index (χ2v) is 5.15. The molecule has 1 aliphatic rings. The summed E-state index contributed by atoms with van der Waals surface area (Å²) in [6, 6.07) is 11.8. The van der Waals surface area contributed by atoms with Gasteiger partial charge in [0, 0.05) is 22.8 Å². The third-order valence-corrected chi connectivity index (χ3v) is 4.06. The van der Waals surface area contributed by atoms with Crippen molar-refractivity contribution in [2.75, 3.05) is 0 Å². The van der Waals surface area contributed by atoms with Crippen LogP contribution in [-0.2, 0) is 11.5 Å². The molecule has 4 heteroatoms. The minimum atomic E-state index is -0.295. The number of thioether (sulfide) groups is 1. The van der Waals surface area contributed by atoms with Gasteiger partial charge in [0.25, 0.3) is 5.56 Å². The fraction of sp³-hybridized carbons (Fsp3) is 0.143. The molecule has 0 spiro atoms. The van der Waals surface area contributed by atoms with Crippen LogP contribution >= 0.6 is 11.8 Å². The predicted octanol–water partition coefficient (Wildman–Crippen LogP) is 2.66. The van der Waals surface area contributed by atoms with Crippen molar-refractivity contribution in [2.24, 2.45) is 0 Å². The lowest BCUT2D eigenvalue weighted by Crippen LogP contribution is -2.13. The summed E-state index contributed by atoms with van der Waals surface area (Å²) in [5.41, 5.74) is 4.13. The Hall–Kier alpha value is -1.99. The Labute approximate surface area is 108 Å². The number of H-pyrrole nitrogens is 1. The molecule has 0 unspecified atom stereocenters. The molecule has 2 aromatic rings. The normalized spacial score (nSPS) is 13.1. The van der Waals surface area contributed by atoms with Gasteiger partial charge in [0.2, 0.25) is 0 Å².